The van der Waals surface area contributed by atoms with E-state index in [9.17, 15) is 14.0 Å². The summed E-state index contributed by atoms with van der Waals surface area (Å²) < 4.78 is 18.9. The van der Waals surface area contributed by atoms with Crippen LogP contribution in [0.4, 0.5) is 9.18 Å². The van der Waals surface area contributed by atoms with Gasteiger partial charge in [-0.05, 0) is 32.9 Å². The first-order valence-electron chi connectivity index (χ1n) is 6.05. The van der Waals surface area contributed by atoms with Gasteiger partial charge in [0.1, 0.15) is 29.5 Å². The van der Waals surface area contributed by atoms with E-state index in [0.717, 1.165) is 11.0 Å². The minimum absolute atomic E-state index is 0.00819. The molecule has 20 heavy (non-hydrogen) atoms. The molecule has 0 aromatic heterocycles. The van der Waals surface area contributed by atoms with E-state index in [2.05, 4.69) is 0 Å². The lowest BCUT2D eigenvalue weighted by atomic mass is 10.1. The quantitative estimate of drug-likeness (QED) is 0.866. The molecule has 0 radical (unpaired) electrons. The van der Waals surface area contributed by atoms with Crippen LogP contribution in [0.25, 0.3) is 0 Å². The number of rotatable bonds is 3. The van der Waals surface area contributed by atoms with E-state index in [1.807, 2.05) is 0 Å². The molecule has 0 bridgehead atoms. The molecule has 1 aromatic carbocycles. The third-order valence-corrected chi connectivity index (χ3v) is 2.53. The average molecular weight is 283 g/mol. The van der Waals surface area contributed by atoms with Crippen LogP contribution in [0.5, 0.6) is 5.75 Å². The molecule has 0 spiro atoms. The Hall–Kier alpha value is -2.11. The topological polar surface area (TPSA) is 66.8 Å². The van der Waals surface area contributed by atoms with Gasteiger partial charge in [0, 0.05) is 18.7 Å². The summed E-state index contributed by atoms with van der Waals surface area (Å²) in [5, 5.41) is 9.16. The van der Waals surface area contributed by atoms with Crippen molar-refractivity contribution in [2.45, 2.75) is 32.4 Å². The molecule has 0 fully saturated rings. The van der Waals surface area contributed by atoms with Crippen LogP contribution in [0.3, 0.4) is 0 Å². The number of hydrogen-bond acceptors (Lipinski definition) is 4. The second-order valence-electron chi connectivity index (χ2n) is 5.38. The highest BCUT2D eigenvalue weighted by atomic mass is 19.1. The van der Waals surface area contributed by atoms with Crippen molar-refractivity contribution in [3.05, 3.63) is 29.6 Å². The smallest absolute Gasteiger partial charge is 0.410 e. The number of phenolic OH excluding ortho intramolecular Hbond substituents is 1. The van der Waals surface area contributed by atoms with Crippen molar-refractivity contribution >= 4 is 12.4 Å². The Labute approximate surface area is 117 Å². The maximum absolute atomic E-state index is 13.8. The van der Waals surface area contributed by atoms with Crippen LogP contribution in [0.1, 0.15) is 32.4 Å². The SMILES string of the molecule is CN(C(=O)OC(C)(C)C)C(C=O)c1ccc(O)cc1F. The lowest BCUT2D eigenvalue weighted by Crippen LogP contribution is -2.37. The molecular weight excluding hydrogens is 265 g/mol. The Balaban J connectivity index is 3.01. The second-order valence-corrected chi connectivity index (χ2v) is 5.38. The Bertz CT molecular complexity index is 510. The molecule has 0 heterocycles. The minimum Gasteiger partial charge on any atom is -0.508 e. The van der Waals surface area contributed by atoms with Crippen molar-refractivity contribution in [3.8, 4) is 5.75 Å². The number of halogens is 1. The number of likely N-dealkylation sites (N-methyl/N-ethyl adjacent to an activating group) is 1. The van der Waals surface area contributed by atoms with Gasteiger partial charge in [-0.1, -0.05) is 0 Å². The van der Waals surface area contributed by atoms with Crippen molar-refractivity contribution < 1.29 is 23.8 Å². The van der Waals surface area contributed by atoms with Crippen molar-refractivity contribution in [2.75, 3.05) is 7.05 Å². The number of aromatic hydroxyl groups is 1. The normalized spacial score (nSPS) is 12.7. The first-order valence-corrected chi connectivity index (χ1v) is 6.05. The maximum atomic E-state index is 13.8. The summed E-state index contributed by atoms with van der Waals surface area (Å²) in [5.74, 6) is -1.02. The predicted molar refractivity (Wildman–Crippen MR) is 70.9 cm³/mol. The number of ether oxygens (including phenoxy) is 1. The lowest BCUT2D eigenvalue weighted by molar-refractivity contribution is -0.112. The van der Waals surface area contributed by atoms with Crippen molar-refractivity contribution in [2.24, 2.45) is 0 Å². The molecule has 0 saturated carbocycles. The molecule has 0 saturated heterocycles. The van der Waals surface area contributed by atoms with Gasteiger partial charge in [-0.15, -0.1) is 0 Å². The molecule has 1 atom stereocenters. The summed E-state index contributed by atoms with van der Waals surface area (Å²) in [7, 11) is 1.35. The number of hydrogen-bond donors (Lipinski definition) is 1. The highest BCUT2D eigenvalue weighted by Gasteiger charge is 2.27. The maximum Gasteiger partial charge on any atom is 0.410 e. The third-order valence-electron chi connectivity index (χ3n) is 2.53. The molecule has 1 unspecified atom stereocenters. The molecule has 1 rings (SSSR count). The zero-order valence-electron chi connectivity index (χ0n) is 11.9. The number of phenols is 1. The van der Waals surface area contributed by atoms with Crippen LogP contribution in [-0.2, 0) is 9.53 Å². The molecule has 0 aliphatic rings. The Morgan fingerprint density at radius 1 is 1.45 bits per heavy atom. The first-order chi connectivity index (χ1) is 9.15. The highest BCUT2D eigenvalue weighted by molar-refractivity contribution is 5.74. The average Bonchev–Trinajstić information content (AvgIpc) is 2.30. The van der Waals surface area contributed by atoms with E-state index in [1.54, 1.807) is 20.8 Å². The van der Waals surface area contributed by atoms with Gasteiger partial charge in [0.2, 0.25) is 0 Å². The zero-order chi connectivity index (χ0) is 15.5. The summed E-state index contributed by atoms with van der Waals surface area (Å²) in [6.07, 6.45) is -0.290. The Morgan fingerprint density at radius 3 is 2.50 bits per heavy atom. The molecule has 0 aliphatic carbocycles. The monoisotopic (exact) mass is 283 g/mol. The van der Waals surface area contributed by atoms with E-state index in [0.29, 0.717) is 6.29 Å². The van der Waals surface area contributed by atoms with Crippen molar-refractivity contribution in [1.29, 1.82) is 0 Å². The highest BCUT2D eigenvalue weighted by Crippen LogP contribution is 2.25. The number of carbonyl (C=O) groups is 2. The summed E-state index contributed by atoms with van der Waals surface area (Å²) in [5.41, 5.74) is -0.724. The summed E-state index contributed by atoms with van der Waals surface area (Å²) in [4.78, 5) is 24.1. The van der Waals surface area contributed by atoms with Gasteiger partial charge in [-0.25, -0.2) is 9.18 Å². The van der Waals surface area contributed by atoms with Gasteiger partial charge in [0.05, 0.1) is 0 Å². The van der Waals surface area contributed by atoms with Crippen molar-refractivity contribution in [1.82, 2.24) is 4.90 Å². The van der Waals surface area contributed by atoms with E-state index in [-0.39, 0.29) is 11.3 Å². The van der Waals surface area contributed by atoms with Gasteiger partial charge >= 0.3 is 6.09 Å². The first kappa shape index (κ1) is 15.9. The molecule has 0 aliphatic heterocycles. The van der Waals surface area contributed by atoms with Gasteiger partial charge in [-0.2, -0.15) is 0 Å². The molecular formula is C14H18FNO4. The fourth-order valence-electron chi connectivity index (χ4n) is 1.58. The summed E-state index contributed by atoms with van der Waals surface area (Å²) in [6.45, 7) is 5.07. The van der Waals surface area contributed by atoms with E-state index in [4.69, 9.17) is 9.84 Å². The van der Waals surface area contributed by atoms with Crippen molar-refractivity contribution in [3.63, 3.8) is 0 Å². The number of carbonyl (C=O) groups excluding carboxylic acids is 2. The van der Waals surface area contributed by atoms with Gasteiger partial charge in [0.25, 0.3) is 0 Å². The molecule has 5 nitrogen and oxygen atoms in total. The van der Waals surface area contributed by atoms with Crippen LogP contribution in [0.2, 0.25) is 0 Å². The summed E-state index contributed by atoms with van der Waals surface area (Å²) in [6, 6.07) is 2.27. The number of nitrogens with zero attached hydrogens (tertiary/aromatic N) is 1. The van der Waals surface area contributed by atoms with E-state index in [1.165, 1.54) is 19.2 Å². The zero-order valence-corrected chi connectivity index (χ0v) is 11.9. The molecule has 1 aromatic rings. The van der Waals surface area contributed by atoms with Gasteiger partial charge in [0.15, 0.2) is 0 Å². The number of benzene rings is 1. The fraction of sp³-hybridized carbons (Fsp3) is 0.429. The van der Waals surface area contributed by atoms with Crippen LogP contribution < -0.4 is 0 Å². The standard InChI is InChI=1S/C14H18FNO4/c1-14(2,3)20-13(19)16(4)12(8-17)10-6-5-9(18)7-11(10)15/h5-8,12,18H,1-4H3. The van der Waals surface area contributed by atoms with E-state index < -0.39 is 23.6 Å². The van der Waals surface area contributed by atoms with Crippen LogP contribution in [0, 0.1) is 5.82 Å². The lowest BCUT2D eigenvalue weighted by Gasteiger charge is -2.28. The largest absolute Gasteiger partial charge is 0.508 e. The molecule has 110 valence electrons. The second kappa shape index (κ2) is 5.90. The Kier molecular flexibility index (Phi) is 4.70. The molecule has 1 amide bonds. The third kappa shape index (κ3) is 3.94. The van der Waals surface area contributed by atoms with Crippen LogP contribution in [0.15, 0.2) is 18.2 Å². The Morgan fingerprint density at radius 2 is 2.05 bits per heavy atom. The van der Waals surface area contributed by atoms with Gasteiger partial charge < -0.3 is 14.6 Å². The summed E-state index contributed by atoms with van der Waals surface area (Å²) >= 11 is 0. The van der Waals surface area contributed by atoms with E-state index >= 15 is 0 Å². The minimum atomic E-state index is -1.12. The number of amides is 1. The van der Waals surface area contributed by atoms with Crippen LogP contribution in [-0.4, -0.2) is 35.0 Å². The van der Waals surface area contributed by atoms with Crippen LogP contribution >= 0.6 is 0 Å². The molecule has 1 N–H and O–H groups in total. The fourth-order valence-corrected chi connectivity index (χ4v) is 1.58. The predicted octanol–water partition coefficient (Wildman–Crippen LogP) is 2.64. The van der Waals surface area contributed by atoms with Gasteiger partial charge in [-0.3, -0.25) is 4.90 Å². The number of aldehydes is 1. The molecule has 6 heteroatoms.